The van der Waals surface area contributed by atoms with E-state index < -0.39 is 10.0 Å². The van der Waals surface area contributed by atoms with Gasteiger partial charge < -0.3 is 15.6 Å². The molecule has 20 heavy (non-hydrogen) atoms. The highest BCUT2D eigenvalue weighted by Crippen LogP contribution is 2.24. The number of benzene rings is 1. The van der Waals surface area contributed by atoms with Crippen LogP contribution in [-0.4, -0.2) is 45.0 Å². The molecule has 2 rings (SSSR count). The van der Waals surface area contributed by atoms with Crippen LogP contribution < -0.4 is 10.5 Å². The summed E-state index contributed by atoms with van der Waals surface area (Å²) in [4.78, 5) is 5.14. The molecule has 0 amide bonds. The molecule has 1 unspecified atom stereocenters. The van der Waals surface area contributed by atoms with E-state index in [2.05, 4.69) is 9.71 Å². The summed E-state index contributed by atoms with van der Waals surface area (Å²) in [6.07, 6.45) is 1.49. The van der Waals surface area contributed by atoms with Crippen LogP contribution in [0.15, 0.2) is 29.3 Å². The zero-order valence-electron chi connectivity index (χ0n) is 11.8. The first-order chi connectivity index (χ1) is 9.31. The SMILES string of the molecule is CC(CNS(=O)(=O)c1c[nH]c2cc(N)ccc12)N(C)C. The highest BCUT2D eigenvalue weighted by Gasteiger charge is 2.19. The molecule has 1 atom stereocenters. The first-order valence-corrected chi connectivity index (χ1v) is 7.82. The molecule has 1 aromatic heterocycles. The topological polar surface area (TPSA) is 91.2 Å². The lowest BCUT2D eigenvalue weighted by Crippen LogP contribution is -2.38. The van der Waals surface area contributed by atoms with Gasteiger partial charge in [-0.05, 0) is 39.2 Å². The minimum absolute atomic E-state index is 0.116. The van der Waals surface area contributed by atoms with Crippen molar-refractivity contribution in [1.29, 1.82) is 0 Å². The number of nitrogen functional groups attached to an aromatic ring is 1. The summed E-state index contributed by atoms with van der Waals surface area (Å²) in [6.45, 7) is 2.31. The molecule has 4 N–H and O–H groups in total. The van der Waals surface area contributed by atoms with Gasteiger partial charge in [0, 0.05) is 35.4 Å². The number of anilines is 1. The average Bonchev–Trinajstić information content (AvgIpc) is 2.79. The van der Waals surface area contributed by atoms with E-state index in [9.17, 15) is 8.42 Å². The fourth-order valence-corrected chi connectivity index (χ4v) is 3.13. The maximum absolute atomic E-state index is 12.3. The van der Waals surface area contributed by atoms with E-state index in [1.54, 1.807) is 18.2 Å². The normalized spacial score (nSPS) is 14.0. The van der Waals surface area contributed by atoms with E-state index in [4.69, 9.17) is 5.73 Å². The summed E-state index contributed by atoms with van der Waals surface area (Å²) in [5, 5.41) is 0.643. The Morgan fingerprint density at radius 1 is 1.40 bits per heavy atom. The molecule has 0 fully saturated rings. The largest absolute Gasteiger partial charge is 0.399 e. The third-order valence-electron chi connectivity index (χ3n) is 3.41. The molecule has 1 aromatic carbocycles. The third-order valence-corrected chi connectivity index (χ3v) is 4.87. The standard InChI is InChI=1S/C13H20N4O2S/c1-9(17(2)3)7-16-20(18,19)13-8-15-12-6-10(14)4-5-11(12)13/h4-6,8-9,15-16H,7,14H2,1-3H3. The van der Waals surface area contributed by atoms with Crippen LogP contribution in [0.5, 0.6) is 0 Å². The van der Waals surface area contributed by atoms with Crippen LogP contribution in [0.25, 0.3) is 10.9 Å². The van der Waals surface area contributed by atoms with Crippen LogP contribution >= 0.6 is 0 Å². The molecule has 2 aromatic rings. The number of nitrogens with zero attached hydrogens (tertiary/aromatic N) is 1. The zero-order chi connectivity index (χ0) is 14.9. The maximum Gasteiger partial charge on any atom is 0.242 e. The number of aromatic amines is 1. The van der Waals surface area contributed by atoms with Crippen LogP contribution in [0.3, 0.4) is 0 Å². The van der Waals surface area contributed by atoms with Gasteiger partial charge in [0.05, 0.1) is 0 Å². The van der Waals surface area contributed by atoms with Gasteiger partial charge in [-0.15, -0.1) is 0 Å². The molecular weight excluding hydrogens is 276 g/mol. The molecule has 0 spiro atoms. The van der Waals surface area contributed by atoms with E-state index in [1.807, 2.05) is 25.9 Å². The van der Waals surface area contributed by atoms with Gasteiger partial charge in [-0.3, -0.25) is 0 Å². The van der Waals surface area contributed by atoms with Gasteiger partial charge in [0.1, 0.15) is 4.90 Å². The summed E-state index contributed by atoms with van der Waals surface area (Å²) in [6, 6.07) is 5.24. The van der Waals surface area contributed by atoms with Crippen LogP contribution in [-0.2, 0) is 10.0 Å². The molecular formula is C13H20N4O2S. The lowest BCUT2D eigenvalue weighted by Gasteiger charge is -2.19. The fraction of sp³-hybridized carbons (Fsp3) is 0.385. The van der Waals surface area contributed by atoms with Gasteiger partial charge >= 0.3 is 0 Å². The molecule has 1 heterocycles. The minimum atomic E-state index is -3.53. The summed E-state index contributed by atoms with van der Waals surface area (Å²) in [7, 11) is 0.287. The molecule has 6 nitrogen and oxygen atoms in total. The Morgan fingerprint density at radius 3 is 2.75 bits per heavy atom. The van der Waals surface area contributed by atoms with E-state index in [-0.39, 0.29) is 10.9 Å². The second-order valence-electron chi connectivity index (χ2n) is 5.12. The molecule has 7 heteroatoms. The second kappa shape index (κ2) is 5.43. The number of nitrogens with one attached hydrogen (secondary N) is 2. The predicted octanol–water partition coefficient (Wildman–Crippen LogP) is 0.978. The van der Waals surface area contributed by atoms with E-state index in [0.29, 0.717) is 23.1 Å². The predicted molar refractivity (Wildman–Crippen MR) is 81.0 cm³/mol. The Balaban J connectivity index is 2.28. The van der Waals surface area contributed by atoms with Gasteiger partial charge in [-0.2, -0.15) is 0 Å². The highest BCUT2D eigenvalue weighted by molar-refractivity contribution is 7.89. The maximum atomic E-state index is 12.3. The van der Waals surface area contributed by atoms with Gasteiger partial charge in [0.2, 0.25) is 10.0 Å². The minimum Gasteiger partial charge on any atom is -0.399 e. The molecule has 0 aliphatic rings. The number of H-pyrrole nitrogens is 1. The van der Waals surface area contributed by atoms with Crippen molar-refractivity contribution >= 4 is 26.6 Å². The molecule has 0 aliphatic heterocycles. The van der Waals surface area contributed by atoms with Crippen molar-refractivity contribution in [2.24, 2.45) is 0 Å². The molecule has 0 aliphatic carbocycles. The van der Waals surface area contributed by atoms with Crippen molar-refractivity contribution in [3.8, 4) is 0 Å². The van der Waals surface area contributed by atoms with Crippen molar-refractivity contribution in [1.82, 2.24) is 14.6 Å². The van der Waals surface area contributed by atoms with E-state index in [0.717, 1.165) is 0 Å². The number of likely N-dealkylation sites (N-methyl/N-ethyl adjacent to an activating group) is 1. The van der Waals surface area contributed by atoms with Crippen LogP contribution in [0.4, 0.5) is 5.69 Å². The fourth-order valence-electron chi connectivity index (χ4n) is 1.83. The number of fused-ring (bicyclic) bond motifs is 1. The van der Waals surface area contributed by atoms with Crippen LogP contribution in [0.2, 0.25) is 0 Å². The van der Waals surface area contributed by atoms with Gasteiger partial charge in [0.25, 0.3) is 0 Å². The lowest BCUT2D eigenvalue weighted by molar-refractivity contribution is 0.314. The Kier molecular flexibility index (Phi) is 4.03. The molecule has 0 saturated carbocycles. The number of rotatable bonds is 5. The number of hydrogen-bond donors (Lipinski definition) is 3. The van der Waals surface area contributed by atoms with Gasteiger partial charge in [0.15, 0.2) is 0 Å². The van der Waals surface area contributed by atoms with Crippen LogP contribution in [0, 0.1) is 0 Å². The summed E-state index contributed by atoms with van der Waals surface area (Å²) in [5.74, 6) is 0. The molecule has 0 radical (unpaired) electrons. The number of hydrogen-bond acceptors (Lipinski definition) is 4. The van der Waals surface area contributed by atoms with E-state index >= 15 is 0 Å². The van der Waals surface area contributed by atoms with Gasteiger partial charge in [-0.1, -0.05) is 0 Å². The first-order valence-electron chi connectivity index (χ1n) is 6.34. The molecule has 0 saturated heterocycles. The van der Waals surface area contributed by atoms with Crippen molar-refractivity contribution in [3.63, 3.8) is 0 Å². The quantitative estimate of drug-likeness (QED) is 0.717. The Hall–Kier alpha value is -1.57. The number of nitrogens with two attached hydrogens (primary N) is 1. The van der Waals surface area contributed by atoms with Crippen LogP contribution in [0.1, 0.15) is 6.92 Å². The molecule has 0 bridgehead atoms. The third kappa shape index (κ3) is 2.95. The lowest BCUT2D eigenvalue weighted by atomic mass is 10.2. The summed E-state index contributed by atoms with van der Waals surface area (Å²) < 4.78 is 27.3. The van der Waals surface area contributed by atoms with Gasteiger partial charge in [-0.25, -0.2) is 13.1 Å². The highest BCUT2D eigenvalue weighted by atomic mass is 32.2. The van der Waals surface area contributed by atoms with Crippen molar-refractivity contribution in [3.05, 3.63) is 24.4 Å². The van der Waals surface area contributed by atoms with E-state index in [1.165, 1.54) is 6.20 Å². The van der Waals surface area contributed by atoms with Crippen molar-refractivity contribution in [2.75, 3.05) is 26.4 Å². The Labute approximate surface area is 119 Å². The smallest absolute Gasteiger partial charge is 0.242 e. The Morgan fingerprint density at radius 2 is 2.10 bits per heavy atom. The van der Waals surface area contributed by atoms with Crippen molar-refractivity contribution in [2.45, 2.75) is 17.9 Å². The first kappa shape index (κ1) is 14.8. The second-order valence-corrected chi connectivity index (χ2v) is 6.86. The Bertz CT molecular complexity index is 706. The summed E-state index contributed by atoms with van der Waals surface area (Å²) in [5.41, 5.74) is 6.99. The van der Waals surface area contributed by atoms with Crippen molar-refractivity contribution < 1.29 is 8.42 Å². The zero-order valence-corrected chi connectivity index (χ0v) is 12.7. The monoisotopic (exact) mass is 296 g/mol. The summed E-state index contributed by atoms with van der Waals surface area (Å²) >= 11 is 0. The number of sulfonamides is 1. The average molecular weight is 296 g/mol. The number of aromatic nitrogens is 1. The molecule has 110 valence electrons.